The number of nitrogens with one attached hydrogen (secondary N) is 4. The van der Waals surface area contributed by atoms with Crippen molar-refractivity contribution in [1.29, 1.82) is 0 Å². The molecule has 1 aromatic carbocycles. The number of carbonyl (C=O) groups is 6. The summed E-state index contributed by atoms with van der Waals surface area (Å²) in [5, 5.41) is 171. The van der Waals surface area contributed by atoms with Crippen molar-refractivity contribution in [1.82, 2.24) is 21.3 Å². The van der Waals surface area contributed by atoms with Crippen LogP contribution in [0.5, 0.6) is 11.5 Å². The van der Waals surface area contributed by atoms with E-state index in [1.807, 2.05) is 0 Å². The van der Waals surface area contributed by atoms with E-state index in [4.69, 9.17) is 56.8 Å². The third-order valence-electron chi connectivity index (χ3n) is 16.7. The molecule has 37 nitrogen and oxygen atoms in total. The Balaban J connectivity index is 0.000000525. The van der Waals surface area contributed by atoms with Crippen molar-refractivity contribution >= 4 is 35.6 Å². The molecule has 1 aromatic rings. The summed E-state index contributed by atoms with van der Waals surface area (Å²) in [6, 6.07) is 2.48. The van der Waals surface area contributed by atoms with Crippen LogP contribution in [0.25, 0.3) is 0 Å². The summed E-state index contributed by atoms with van der Waals surface area (Å²) in [7, 11) is 2.22. The van der Waals surface area contributed by atoms with E-state index in [0.717, 1.165) is 28.1 Å². The van der Waals surface area contributed by atoms with Gasteiger partial charge in [0.05, 0.1) is 80.4 Å². The first-order valence-corrected chi connectivity index (χ1v) is 29.2. The first-order chi connectivity index (χ1) is 43.3. The molecule has 6 aliphatic heterocycles. The summed E-state index contributed by atoms with van der Waals surface area (Å²) in [6.45, 7) is 6.04. The number of aliphatic hydroxyl groups is 11. The van der Waals surface area contributed by atoms with Crippen LogP contribution in [0.4, 0.5) is 0 Å². The van der Waals surface area contributed by atoms with Gasteiger partial charge in [-0.05, 0) is 38.0 Å². The SMILES string of the molecule is CO[C@@H]1C(C(=O)[O-])O[C@@H](O[C@@H]2C(NC(C)=O)[C@H](O[C@@H]3C(O)O[C@@H](O[C@@H]4C(CO)[C@H](C)OC(NC(C)=O)[C@@H]4O)C(C(=O)NCCc4ccc(O)c(O)c4)[C@H]3O)OC(CO)[C@@H]2C)C(O)[C@H]1O.CO[C@@H]1C(O)O[C@@H](O[C@@H]2C(CO)[C@H](C)OC(NC(C)=O)[C@@H]2O)C(C(=O)[O-])[C@H]1O.[Na+].[Na+]. The molecule has 6 saturated heterocycles. The molecule has 0 saturated carbocycles. The molecule has 30 atom stereocenters. The summed E-state index contributed by atoms with van der Waals surface area (Å²) >= 11 is 0. The van der Waals surface area contributed by atoms with Crippen molar-refractivity contribution in [3.63, 3.8) is 0 Å². The molecule has 0 aromatic heterocycles. The first kappa shape index (κ1) is 83.1. The van der Waals surface area contributed by atoms with Gasteiger partial charge < -0.3 is 164 Å². The van der Waals surface area contributed by atoms with Crippen LogP contribution in [0.3, 0.4) is 0 Å². The van der Waals surface area contributed by atoms with E-state index >= 15 is 0 Å². The van der Waals surface area contributed by atoms with Crippen molar-refractivity contribution in [2.45, 2.75) is 202 Å². The molecule has 0 spiro atoms. The number of phenolic OH excluding ortho intramolecular Hbond substituents is 2. The number of amides is 4. The minimum Gasteiger partial charge on any atom is -0.550 e. The van der Waals surface area contributed by atoms with Crippen molar-refractivity contribution in [2.75, 3.05) is 40.6 Å². The number of carbonyl (C=O) groups excluding carboxylic acids is 6. The minimum absolute atomic E-state index is 0. The molecular formula is C55H84N4Na2O33. The molecular weight excluding hydrogens is 1290 g/mol. The summed E-state index contributed by atoms with van der Waals surface area (Å²) in [5.74, 6) is -13.5. The largest absolute Gasteiger partial charge is 1.00 e. The Bertz CT molecular complexity index is 2630. The third-order valence-corrected chi connectivity index (χ3v) is 16.7. The van der Waals surface area contributed by atoms with Gasteiger partial charge in [0, 0.05) is 59.3 Å². The Labute approximate surface area is 582 Å². The van der Waals surface area contributed by atoms with E-state index in [0.29, 0.717) is 5.56 Å². The zero-order chi connectivity index (χ0) is 68.5. The number of rotatable bonds is 22. The van der Waals surface area contributed by atoms with Crippen molar-refractivity contribution < 1.29 is 221 Å². The quantitative estimate of drug-likeness (QED) is 0.0379. The number of carboxylic acids is 2. The number of hydrogen-bond donors (Lipinski definition) is 17. The van der Waals surface area contributed by atoms with Crippen LogP contribution in [-0.2, 0) is 92.0 Å². The number of methoxy groups -OCH3 is 2. The number of ether oxygens (including phenoxy) is 12. The summed E-state index contributed by atoms with van der Waals surface area (Å²) in [6.07, 6.45) is -38.5. The van der Waals surface area contributed by atoms with Crippen molar-refractivity contribution in [3.8, 4) is 11.5 Å². The van der Waals surface area contributed by atoms with Crippen LogP contribution < -0.4 is 90.6 Å². The van der Waals surface area contributed by atoms with E-state index in [1.165, 1.54) is 39.0 Å². The average molecular weight is 1380 g/mol. The van der Waals surface area contributed by atoms with Gasteiger partial charge >= 0.3 is 59.1 Å². The van der Waals surface area contributed by atoms with Crippen molar-refractivity contribution in [2.24, 2.45) is 29.6 Å². The Hall–Kier alpha value is -3.28. The zero-order valence-corrected chi connectivity index (χ0v) is 57.1. The maximum absolute atomic E-state index is 14.1. The van der Waals surface area contributed by atoms with E-state index in [-0.39, 0.29) is 77.8 Å². The van der Waals surface area contributed by atoms with Gasteiger partial charge in [-0.1, -0.05) is 13.0 Å². The molecule has 6 heterocycles. The molecule has 7 rings (SSSR count). The van der Waals surface area contributed by atoms with Crippen LogP contribution >= 0.6 is 0 Å². The van der Waals surface area contributed by atoms with E-state index in [1.54, 1.807) is 6.92 Å². The van der Waals surface area contributed by atoms with Crippen LogP contribution in [0.15, 0.2) is 18.2 Å². The summed E-state index contributed by atoms with van der Waals surface area (Å²) < 4.78 is 67.2. The number of benzene rings is 1. The molecule has 39 heteroatoms. The maximum Gasteiger partial charge on any atom is 1.00 e. The fourth-order valence-corrected chi connectivity index (χ4v) is 11.7. The Morgan fingerprint density at radius 3 is 1.45 bits per heavy atom. The molecule has 524 valence electrons. The Kier molecular flexibility index (Phi) is 32.9. The monoisotopic (exact) mass is 1370 g/mol. The van der Waals surface area contributed by atoms with Crippen LogP contribution in [0.2, 0.25) is 0 Å². The smallest absolute Gasteiger partial charge is 0.550 e. The topological polar surface area (TPSA) is 570 Å². The third kappa shape index (κ3) is 19.8. The van der Waals surface area contributed by atoms with Crippen LogP contribution in [0.1, 0.15) is 47.1 Å². The van der Waals surface area contributed by atoms with Crippen LogP contribution in [-0.4, -0.2) is 296 Å². The molecule has 17 N–H and O–H groups in total. The fraction of sp³-hybridized carbons (Fsp3) is 0.782. The van der Waals surface area contributed by atoms with E-state index < -0.39 is 245 Å². The maximum atomic E-state index is 14.1. The molecule has 0 aliphatic carbocycles. The fourth-order valence-electron chi connectivity index (χ4n) is 11.7. The predicted molar refractivity (Wildman–Crippen MR) is 291 cm³/mol. The van der Waals surface area contributed by atoms with E-state index in [9.17, 15) is 105 Å². The summed E-state index contributed by atoms with van der Waals surface area (Å²) in [5.41, 5.74) is 0.479. The van der Waals surface area contributed by atoms with Gasteiger partial charge in [0.1, 0.15) is 66.9 Å². The second-order valence-electron chi connectivity index (χ2n) is 22.9. The standard InChI is InChI=1S/C39H59N3O22.C16H27NO11.2Na/c1-13-21(12-44)59-38(23(41-15(3)45)28(13)60-39-26(51)25(50)30(57-5)32(63-39)35(54)55)62-31-24(49)22(33(53)40-9-8-17-6-7-19(47)20(48)10-17)37(64-36(31)56)61-29-18(11-43)14(2)58-34(27(29)52)42-16(4)46;1-5-7(4-18)11(10(21)13(26-5)17-6(2)19)27-16-8(14(22)23)9(20)12(25-3)15(24)28-16;;/h6-7,10,13-14,18,21-32,34,36-39,43-44,47-52,56H,8-9,11-12H2,1-5H3,(H,40,53)(H,41,45)(H,42,46)(H,54,55);5,7-13,15-16,18,20-21,24H,4H2,1-3H3,(H,17,19)(H,22,23);;/q;;2*+1/p-2/t13-,14-,18?,21?,22?,23?,24+,25+,26?,27+,28-,29+,30-,31-,32?,34?,36?,37+,38-,39+;5-,7?,8?,9+,10+,11+,12-,13?,15?,16+;;/m00../s1. The molecule has 6 aliphatic rings. The van der Waals surface area contributed by atoms with Gasteiger partial charge in [-0.15, -0.1) is 0 Å². The second-order valence-corrected chi connectivity index (χ2v) is 22.9. The normalized spacial score (nSPS) is 40.5. The number of hydrogen-bond acceptors (Lipinski definition) is 33. The van der Waals surface area contributed by atoms with Gasteiger partial charge in [0.25, 0.3) is 0 Å². The molecule has 94 heavy (non-hydrogen) atoms. The van der Waals surface area contributed by atoms with Gasteiger partial charge in [-0.3, -0.25) is 19.2 Å². The Morgan fingerprint density at radius 1 is 0.511 bits per heavy atom. The van der Waals surface area contributed by atoms with Gasteiger partial charge in [-0.25, -0.2) is 0 Å². The average Bonchev–Trinajstić information content (AvgIpc) is 0.777. The van der Waals surface area contributed by atoms with Crippen molar-refractivity contribution in [3.05, 3.63) is 23.8 Å². The minimum atomic E-state index is -2.21. The Morgan fingerprint density at radius 2 is 0.989 bits per heavy atom. The number of carboxylic acid groups (broad SMARTS) is 2. The van der Waals surface area contributed by atoms with Gasteiger partial charge in [-0.2, -0.15) is 0 Å². The molecule has 0 radical (unpaired) electrons. The number of aliphatic carboxylic acids is 2. The number of aliphatic hydroxyl groups excluding tert-OH is 11. The predicted octanol–water partition coefficient (Wildman–Crippen LogP) is -16.9. The molecule has 6 fully saturated rings. The van der Waals surface area contributed by atoms with Gasteiger partial charge in [0.2, 0.25) is 23.6 Å². The molecule has 4 amide bonds. The molecule has 12 unspecified atom stereocenters. The second kappa shape index (κ2) is 37.2. The first-order valence-electron chi connectivity index (χ1n) is 29.2. The zero-order valence-electron chi connectivity index (χ0n) is 53.1. The van der Waals surface area contributed by atoms with E-state index in [2.05, 4.69) is 21.3 Å². The molecule has 0 bridgehead atoms. The van der Waals surface area contributed by atoms with Crippen LogP contribution in [0, 0.1) is 29.6 Å². The number of phenols is 2. The van der Waals surface area contributed by atoms with Gasteiger partial charge in [0.15, 0.2) is 61.7 Å². The summed E-state index contributed by atoms with van der Waals surface area (Å²) in [4.78, 5) is 73.5. The number of aromatic hydroxyl groups is 2.